The van der Waals surface area contributed by atoms with E-state index in [1.807, 2.05) is 37.3 Å². The molecular formula is C15H19N3O2. The highest BCUT2D eigenvalue weighted by Crippen LogP contribution is 2.02. The smallest absolute Gasteiger partial charge is 0.329 e. The zero-order chi connectivity index (χ0) is 14.8. The third-order valence-corrected chi connectivity index (χ3v) is 2.58. The van der Waals surface area contributed by atoms with E-state index < -0.39 is 11.8 Å². The number of hydrogen-bond acceptors (Lipinski definition) is 3. The normalized spacial score (nSPS) is 10.8. The first kappa shape index (κ1) is 15.6. The van der Waals surface area contributed by atoms with Crippen LogP contribution in [0.1, 0.15) is 18.9 Å². The maximum atomic E-state index is 11.4. The van der Waals surface area contributed by atoms with Crippen molar-refractivity contribution in [1.29, 1.82) is 0 Å². The van der Waals surface area contributed by atoms with Gasteiger partial charge in [-0.05, 0) is 25.3 Å². The molecule has 0 aliphatic heterocycles. The molecule has 2 amide bonds. The number of nitrogens with zero attached hydrogens (tertiary/aromatic N) is 1. The van der Waals surface area contributed by atoms with Gasteiger partial charge in [-0.15, -0.1) is 6.58 Å². The molecule has 0 saturated carbocycles. The van der Waals surface area contributed by atoms with Gasteiger partial charge < -0.3 is 5.32 Å². The topological polar surface area (TPSA) is 70.6 Å². The number of hydrogen-bond donors (Lipinski definition) is 2. The zero-order valence-electron chi connectivity index (χ0n) is 11.6. The van der Waals surface area contributed by atoms with Gasteiger partial charge in [-0.25, -0.2) is 5.43 Å². The van der Waals surface area contributed by atoms with Gasteiger partial charge in [-0.2, -0.15) is 5.10 Å². The van der Waals surface area contributed by atoms with E-state index in [2.05, 4.69) is 22.4 Å². The van der Waals surface area contributed by atoms with Gasteiger partial charge in [0.15, 0.2) is 0 Å². The van der Waals surface area contributed by atoms with Crippen LogP contribution >= 0.6 is 0 Å². The molecule has 0 radical (unpaired) electrons. The van der Waals surface area contributed by atoms with Crippen molar-refractivity contribution >= 4 is 17.5 Å². The number of benzene rings is 1. The summed E-state index contributed by atoms with van der Waals surface area (Å²) in [5.74, 6) is -1.49. The molecule has 0 saturated heterocycles. The molecule has 0 aromatic heterocycles. The Morgan fingerprint density at radius 2 is 1.95 bits per heavy atom. The summed E-state index contributed by atoms with van der Waals surface area (Å²) in [5, 5.41) is 6.27. The van der Waals surface area contributed by atoms with Gasteiger partial charge in [0.05, 0.1) is 0 Å². The maximum absolute atomic E-state index is 11.4. The maximum Gasteiger partial charge on any atom is 0.329 e. The molecule has 0 spiro atoms. The van der Waals surface area contributed by atoms with Crippen LogP contribution in [0.15, 0.2) is 48.1 Å². The van der Waals surface area contributed by atoms with E-state index in [1.165, 1.54) is 11.6 Å². The molecule has 0 heterocycles. The summed E-state index contributed by atoms with van der Waals surface area (Å²) in [6.45, 7) is 5.51. The Balaban J connectivity index is 2.36. The third kappa shape index (κ3) is 5.95. The molecule has 5 heteroatoms. The van der Waals surface area contributed by atoms with Gasteiger partial charge in [-0.3, -0.25) is 9.59 Å². The average Bonchev–Trinajstić information content (AvgIpc) is 2.49. The van der Waals surface area contributed by atoms with Crippen LogP contribution in [0.25, 0.3) is 0 Å². The lowest BCUT2D eigenvalue weighted by molar-refractivity contribution is -0.139. The molecule has 0 aliphatic carbocycles. The molecule has 1 rings (SSSR count). The number of aryl methyl sites for hydroxylation is 1. The molecule has 0 unspecified atom stereocenters. The van der Waals surface area contributed by atoms with Gasteiger partial charge >= 0.3 is 11.8 Å². The van der Waals surface area contributed by atoms with Gasteiger partial charge in [0.25, 0.3) is 0 Å². The van der Waals surface area contributed by atoms with Crippen molar-refractivity contribution in [3.8, 4) is 0 Å². The summed E-state index contributed by atoms with van der Waals surface area (Å²) in [6, 6.07) is 10.00. The largest absolute Gasteiger partial charge is 0.344 e. The molecule has 0 atom stereocenters. The minimum absolute atomic E-state index is 0.253. The molecule has 0 bridgehead atoms. The first-order valence-corrected chi connectivity index (χ1v) is 6.39. The summed E-state index contributed by atoms with van der Waals surface area (Å²) in [7, 11) is 0. The highest BCUT2D eigenvalue weighted by molar-refractivity contribution is 6.35. The van der Waals surface area contributed by atoms with Crippen LogP contribution < -0.4 is 10.7 Å². The number of amides is 2. The van der Waals surface area contributed by atoms with Crippen molar-refractivity contribution in [2.45, 2.75) is 19.8 Å². The Kier molecular flexibility index (Phi) is 6.75. The van der Waals surface area contributed by atoms with E-state index in [4.69, 9.17) is 0 Å². The highest BCUT2D eigenvalue weighted by atomic mass is 16.2. The van der Waals surface area contributed by atoms with Crippen LogP contribution in [-0.4, -0.2) is 24.1 Å². The highest BCUT2D eigenvalue weighted by Gasteiger charge is 2.10. The summed E-state index contributed by atoms with van der Waals surface area (Å²) < 4.78 is 0. The summed E-state index contributed by atoms with van der Waals surface area (Å²) in [4.78, 5) is 22.6. The summed E-state index contributed by atoms with van der Waals surface area (Å²) >= 11 is 0. The lowest BCUT2D eigenvalue weighted by Crippen LogP contribution is -2.38. The van der Waals surface area contributed by atoms with E-state index in [-0.39, 0.29) is 6.54 Å². The molecule has 20 heavy (non-hydrogen) atoms. The van der Waals surface area contributed by atoms with Crippen molar-refractivity contribution in [3.63, 3.8) is 0 Å². The second-order valence-corrected chi connectivity index (χ2v) is 4.27. The van der Waals surface area contributed by atoms with Crippen LogP contribution in [0, 0.1) is 0 Å². The monoisotopic (exact) mass is 273 g/mol. The molecule has 1 aromatic rings. The minimum atomic E-state index is -0.772. The Hall–Kier alpha value is -2.43. The fraction of sp³-hybridized carbons (Fsp3) is 0.267. The van der Waals surface area contributed by atoms with Crippen molar-refractivity contribution in [1.82, 2.24) is 10.7 Å². The molecule has 2 N–H and O–H groups in total. The molecule has 0 aliphatic rings. The number of nitrogens with one attached hydrogen (secondary N) is 2. The van der Waals surface area contributed by atoms with Crippen molar-refractivity contribution in [3.05, 3.63) is 48.6 Å². The second-order valence-electron chi connectivity index (χ2n) is 4.27. The predicted molar refractivity (Wildman–Crippen MR) is 79.2 cm³/mol. The lowest BCUT2D eigenvalue weighted by atomic mass is 10.1. The zero-order valence-corrected chi connectivity index (χ0v) is 11.6. The summed E-state index contributed by atoms with van der Waals surface area (Å²) in [6.07, 6.45) is 3.06. The average molecular weight is 273 g/mol. The molecule has 1 aromatic carbocycles. The Labute approximate surface area is 118 Å². The number of hydrazone groups is 1. The van der Waals surface area contributed by atoms with Gasteiger partial charge in [0, 0.05) is 12.3 Å². The standard InChI is InChI=1S/C15H19N3O2/c1-3-11-16-14(19)15(20)18-17-12(2)9-10-13-7-5-4-6-8-13/h3-8H,1,9-11H2,2H3,(H,16,19)(H,18,20)/b17-12-. The van der Waals surface area contributed by atoms with E-state index in [9.17, 15) is 9.59 Å². The predicted octanol–water partition coefficient (Wildman–Crippen LogP) is 1.41. The Morgan fingerprint density at radius 3 is 2.60 bits per heavy atom. The van der Waals surface area contributed by atoms with Crippen molar-refractivity contribution in [2.24, 2.45) is 5.10 Å². The molecule has 106 valence electrons. The lowest BCUT2D eigenvalue weighted by Gasteiger charge is -2.03. The third-order valence-electron chi connectivity index (χ3n) is 2.58. The Morgan fingerprint density at radius 1 is 1.25 bits per heavy atom. The quantitative estimate of drug-likeness (QED) is 0.356. The molecule has 5 nitrogen and oxygen atoms in total. The first-order valence-electron chi connectivity index (χ1n) is 6.39. The van der Waals surface area contributed by atoms with Crippen molar-refractivity contribution < 1.29 is 9.59 Å². The van der Waals surface area contributed by atoms with Gasteiger partial charge in [0.2, 0.25) is 0 Å². The molecular weight excluding hydrogens is 254 g/mol. The first-order chi connectivity index (χ1) is 9.63. The van der Waals surface area contributed by atoms with Crippen LogP contribution in [0.5, 0.6) is 0 Å². The number of rotatable bonds is 6. The van der Waals surface area contributed by atoms with Crippen LogP contribution in [0.4, 0.5) is 0 Å². The SMILES string of the molecule is C=CCNC(=O)C(=O)N/N=C(/C)CCc1ccccc1. The van der Waals surface area contributed by atoms with E-state index >= 15 is 0 Å². The van der Waals surface area contributed by atoms with Crippen molar-refractivity contribution in [2.75, 3.05) is 6.54 Å². The fourth-order valence-electron chi connectivity index (χ4n) is 1.47. The van der Waals surface area contributed by atoms with E-state index in [0.29, 0.717) is 0 Å². The second kappa shape index (κ2) is 8.63. The summed E-state index contributed by atoms with van der Waals surface area (Å²) in [5.41, 5.74) is 4.20. The van der Waals surface area contributed by atoms with E-state index in [1.54, 1.807) is 0 Å². The van der Waals surface area contributed by atoms with Crippen LogP contribution in [0.3, 0.4) is 0 Å². The number of carbonyl (C=O) groups excluding carboxylic acids is 2. The van der Waals surface area contributed by atoms with Gasteiger partial charge in [0.1, 0.15) is 0 Å². The van der Waals surface area contributed by atoms with Gasteiger partial charge in [-0.1, -0.05) is 36.4 Å². The minimum Gasteiger partial charge on any atom is -0.344 e. The Bertz CT molecular complexity index is 495. The molecule has 0 fully saturated rings. The fourth-order valence-corrected chi connectivity index (χ4v) is 1.47. The van der Waals surface area contributed by atoms with Crippen LogP contribution in [0.2, 0.25) is 0 Å². The van der Waals surface area contributed by atoms with Crippen LogP contribution in [-0.2, 0) is 16.0 Å². The van der Waals surface area contributed by atoms with E-state index in [0.717, 1.165) is 18.6 Å². The number of carbonyl (C=O) groups is 2.